The van der Waals surface area contributed by atoms with Crippen molar-refractivity contribution in [1.29, 1.82) is 0 Å². The summed E-state index contributed by atoms with van der Waals surface area (Å²) in [5, 5.41) is 137. The van der Waals surface area contributed by atoms with E-state index in [1.54, 1.807) is 0 Å². The van der Waals surface area contributed by atoms with Gasteiger partial charge < -0.3 is 100 Å². The number of carbonyl (C=O) groups excluding carboxylic acids is 2. The van der Waals surface area contributed by atoms with Crippen LogP contribution < -0.4 is 10.6 Å². The fraction of sp³-hybridized carbons (Fsp3) is 0.919. The molecule has 3 heterocycles. The molecule has 14 N–H and O–H groups in total. The van der Waals surface area contributed by atoms with Crippen molar-refractivity contribution in [2.75, 3.05) is 26.4 Å². The summed E-state index contributed by atoms with van der Waals surface area (Å²) in [4.78, 5) is 38.8. The van der Waals surface area contributed by atoms with Crippen molar-refractivity contribution < 1.29 is 104 Å². The van der Waals surface area contributed by atoms with Gasteiger partial charge in [-0.15, -0.1) is 0 Å². The lowest BCUT2D eigenvalue weighted by atomic mass is 9.88. The molecule has 23 nitrogen and oxygen atoms in total. The van der Waals surface area contributed by atoms with Gasteiger partial charge in [-0.3, -0.25) is 9.59 Å². The Hall–Kier alpha value is -2.79. The smallest absolute Gasteiger partial charge is 0.364 e. The molecule has 3 fully saturated rings. The molecule has 640 valence electrons. The van der Waals surface area contributed by atoms with Crippen LogP contribution >= 0.6 is 0 Å². The Bertz CT molecular complexity index is 2250. The van der Waals surface area contributed by atoms with Gasteiger partial charge >= 0.3 is 5.97 Å². The largest absolute Gasteiger partial charge is 0.477 e. The maximum Gasteiger partial charge on any atom is 0.364 e. The number of aliphatic hydroxyl groups is 11. The summed E-state index contributed by atoms with van der Waals surface area (Å²) in [6.45, 7) is 2.27. The predicted molar refractivity (Wildman–Crippen MR) is 426 cm³/mol. The van der Waals surface area contributed by atoms with E-state index in [2.05, 4.69) is 48.8 Å². The highest BCUT2D eigenvalue weighted by Gasteiger charge is 2.60. The third-order valence-electron chi connectivity index (χ3n) is 22.4. The van der Waals surface area contributed by atoms with Gasteiger partial charge in [0.05, 0.1) is 50.7 Å². The lowest BCUT2D eigenvalue weighted by Crippen LogP contribution is -2.70. The number of carbonyl (C=O) groups is 3. The number of aliphatic hydroxyl groups excluding tert-OH is 11. The summed E-state index contributed by atoms with van der Waals surface area (Å²) in [5.41, 5.74) is 0. The molecule has 2 amide bonds. The van der Waals surface area contributed by atoms with Gasteiger partial charge in [0.25, 0.3) is 5.79 Å². The first-order valence-corrected chi connectivity index (χ1v) is 44.2. The number of hydrogen-bond acceptors (Lipinski definition) is 20. The monoisotopic (exact) mass is 1560 g/mol. The van der Waals surface area contributed by atoms with Crippen molar-refractivity contribution in [3.8, 4) is 0 Å². The van der Waals surface area contributed by atoms with Crippen molar-refractivity contribution in [2.45, 2.75) is 477 Å². The quantitative estimate of drug-likeness (QED) is 0.0199. The first kappa shape index (κ1) is 100. The van der Waals surface area contributed by atoms with E-state index in [4.69, 9.17) is 28.4 Å². The predicted octanol–water partition coefficient (Wildman–Crippen LogP) is 13.5. The normalized spacial score (nSPS) is 25.8. The summed E-state index contributed by atoms with van der Waals surface area (Å²) in [6, 6.07) is -2.53. The van der Waals surface area contributed by atoms with E-state index in [1.807, 2.05) is 0 Å². The molecule has 0 aromatic rings. The molecule has 0 aromatic heterocycles. The maximum atomic E-state index is 13.6. The maximum absolute atomic E-state index is 13.6. The molecular formula is C86H160N2O21. The summed E-state index contributed by atoms with van der Waals surface area (Å²) in [7, 11) is 0. The highest BCUT2D eigenvalue weighted by Crippen LogP contribution is 2.39. The van der Waals surface area contributed by atoms with Gasteiger partial charge in [-0.1, -0.05) is 327 Å². The van der Waals surface area contributed by atoms with Crippen molar-refractivity contribution in [3.05, 3.63) is 24.3 Å². The molecule has 3 aliphatic rings. The summed E-state index contributed by atoms with van der Waals surface area (Å²) in [5.74, 6) is -6.09. The Morgan fingerprint density at radius 2 is 0.881 bits per heavy atom. The average Bonchev–Trinajstić information content (AvgIpc) is 0.751. The average molecular weight is 1560 g/mol. The van der Waals surface area contributed by atoms with Crippen LogP contribution in [0, 0.1) is 0 Å². The molecule has 0 bridgehead atoms. The van der Waals surface area contributed by atoms with E-state index in [0.717, 1.165) is 64.7 Å². The van der Waals surface area contributed by atoms with Crippen molar-refractivity contribution >= 4 is 17.8 Å². The number of allylic oxidation sites excluding steroid dienone is 4. The van der Waals surface area contributed by atoms with Crippen molar-refractivity contribution in [1.82, 2.24) is 10.6 Å². The molecule has 0 radical (unpaired) electrons. The molecule has 0 aliphatic carbocycles. The molecule has 109 heavy (non-hydrogen) atoms. The minimum Gasteiger partial charge on any atom is -0.477 e. The van der Waals surface area contributed by atoms with Gasteiger partial charge in [0.1, 0.15) is 67.1 Å². The number of aliphatic carboxylic acids is 1. The van der Waals surface area contributed by atoms with Crippen LogP contribution in [0.15, 0.2) is 24.3 Å². The summed E-state index contributed by atoms with van der Waals surface area (Å²) >= 11 is 0. The third kappa shape index (κ3) is 43.7. The van der Waals surface area contributed by atoms with Gasteiger partial charge in [0.2, 0.25) is 11.8 Å². The summed E-state index contributed by atoms with van der Waals surface area (Å²) < 4.78 is 35.0. The standard InChI is InChI=1S/C86H160N2O21/c1-4-6-8-10-12-14-16-18-20-22-24-26-27-28-29-30-31-32-33-34-35-36-37-38-39-40-42-44-46-48-50-52-54-56-58-60-73(96)88-67(68(93)59-57-55-53-51-49-47-45-43-41-25-23-21-19-17-15-13-11-9-7-5-2)65-104-83-78(100)77(99)80(72(64-91)106-83)107-84-79(101)82(76(98)71(63-90)105-84)109-86(85(102)103)61-69(94)74(87-66(3)92)81(108-86)75(97)70(95)62-89/h27-28,30-31,67-72,74-84,89-91,93-95,97-101H,4-26,29,32-65H2,1-3H3,(H,87,92)(H,88,96)(H,102,103)/b28-27-,31-30-. The minimum absolute atomic E-state index is 0.226. The molecule has 0 saturated carbocycles. The number of carboxylic acid groups (broad SMARTS) is 1. The number of rotatable bonds is 71. The number of ether oxygens (including phenoxy) is 6. The fourth-order valence-corrected chi connectivity index (χ4v) is 15.5. The van der Waals surface area contributed by atoms with Gasteiger partial charge in [0.15, 0.2) is 12.6 Å². The van der Waals surface area contributed by atoms with Gasteiger partial charge in [-0.2, -0.15) is 0 Å². The highest BCUT2D eigenvalue weighted by molar-refractivity contribution is 5.77. The Morgan fingerprint density at radius 1 is 0.477 bits per heavy atom. The lowest BCUT2D eigenvalue weighted by Gasteiger charge is -2.50. The second kappa shape index (κ2) is 64.4. The van der Waals surface area contributed by atoms with E-state index in [1.165, 1.54) is 257 Å². The van der Waals surface area contributed by atoms with Crippen LogP contribution in [0.3, 0.4) is 0 Å². The molecule has 18 unspecified atom stereocenters. The van der Waals surface area contributed by atoms with Crippen LogP contribution in [0.2, 0.25) is 0 Å². The molecule has 23 heteroatoms. The van der Waals surface area contributed by atoms with E-state index in [-0.39, 0.29) is 18.9 Å². The zero-order chi connectivity index (χ0) is 79.5. The van der Waals surface area contributed by atoms with Gasteiger partial charge in [-0.25, -0.2) is 4.79 Å². The molecule has 0 aromatic carbocycles. The fourth-order valence-electron chi connectivity index (χ4n) is 15.5. The number of carboxylic acids is 1. The van der Waals surface area contributed by atoms with Crippen LogP contribution in [0.1, 0.15) is 367 Å². The highest BCUT2D eigenvalue weighted by atomic mass is 16.8. The van der Waals surface area contributed by atoms with Crippen molar-refractivity contribution in [3.63, 3.8) is 0 Å². The number of hydrogen-bond donors (Lipinski definition) is 14. The number of amides is 2. The van der Waals surface area contributed by atoms with Crippen LogP contribution in [0.5, 0.6) is 0 Å². The van der Waals surface area contributed by atoms with E-state index in [9.17, 15) is 75.7 Å². The minimum atomic E-state index is -3.08. The molecule has 3 rings (SSSR count). The Kier molecular flexibility index (Phi) is 59.3. The Labute approximate surface area is 657 Å². The zero-order valence-corrected chi connectivity index (χ0v) is 68.2. The van der Waals surface area contributed by atoms with Crippen LogP contribution in [0.4, 0.5) is 0 Å². The third-order valence-corrected chi connectivity index (χ3v) is 22.4. The Morgan fingerprint density at radius 3 is 1.28 bits per heavy atom. The number of nitrogens with one attached hydrogen (secondary N) is 2. The van der Waals surface area contributed by atoms with Crippen molar-refractivity contribution in [2.24, 2.45) is 0 Å². The molecular weight excluding hydrogens is 1400 g/mol. The Balaban J connectivity index is 1.44. The van der Waals surface area contributed by atoms with Crippen LogP contribution in [-0.2, 0) is 42.8 Å². The van der Waals surface area contributed by atoms with Gasteiger partial charge in [-0.05, 0) is 44.9 Å². The first-order valence-electron chi connectivity index (χ1n) is 44.2. The van der Waals surface area contributed by atoms with Gasteiger partial charge in [0, 0.05) is 19.8 Å². The lowest BCUT2D eigenvalue weighted by molar-refractivity contribution is -0.386. The van der Waals surface area contributed by atoms with E-state index >= 15 is 0 Å². The summed E-state index contributed by atoms with van der Waals surface area (Å²) in [6.07, 6.45) is 44.7. The zero-order valence-electron chi connectivity index (χ0n) is 68.2. The second-order valence-electron chi connectivity index (χ2n) is 32.1. The van der Waals surface area contributed by atoms with E-state index < -0.39 is 148 Å². The number of unbranched alkanes of at least 4 members (excludes halogenated alkanes) is 47. The van der Waals surface area contributed by atoms with Crippen LogP contribution in [0.25, 0.3) is 0 Å². The molecule has 3 saturated heterocycles. The molecule has 0 spiro atoms. The van der Waals surface area contributed by atoms with Crippen LogP contribution in [-0.4, -0.2) is 215 Å². The first-order chi connectivity index (χ1) is 52.9. The molecule has 18 atom stereocenters. The molecule has 3 aliphatic heterocycles. The SMILES string of the molecule is CCCCCCCCCCCCC/C=C\C/C=C\CCCCCCCCCCCCCCCCCCCC(=O)NC(COC1OC(CO)C(OC2OC(CO)C(O)C(OC3(C(=O)O)CC(O)C(NC(C)=O)C(C(O)C(O)CO)O3)C2O)C(O)C1O)C(O)CCCCCCCCCCCCCCCCCCCCCC. The topological polar surface area (TPSA) is 373 Å². The van der Waals surface area contributed by atoms with E-state index in [0.29, 0.717) is 19.3 Å². The second-order valence-corrected chi connectivity index (χ2v) is 32.1.